The summed E-state index contributed by atoms with van der Waals surface area (Å²) in [7, 11) is 0. The summed E-state index contributed by atoms with van der Waals surface area (Å²) in [6.07, 6.45) is 4.60. The highest BCUT2D eigenvalue weighted by atomic mass is 16.5. The standard InChI is InChI=1S/C12H20O4/c1-2-15-12(14)9-10(13)6-7-11-5-3-4-8-16-11/h11H,2-9H2,1H3. The van der Waals surface area contributed by atoms with Crippen molar-refractivity contribution in [1.82, 2.24) is 0 Å². The molecule has 1 rings (SSSR count). The van der Waals surface area contributed by atoms with Gasteiger partial charge in [-0.15, -0.1) is 0 Å². The molecule has 16 heavy (non-hydrogen) atoms. The van der Waals surface area contributed by atoms with Crippen LogP contribution in [0.3, 0.4) is 0 Å². The average Bonchev–Trinajstić information content (AvgIpc) is 2.28. The van der Waals surface area contributed by atoms with Gasteiger partial charge in [-0.05, 0) is 32.6 Å². The first-order valence-corrected chi connectivity index (χ1v) is 6.01. The number of ketones is 1. The molecular weight excluding hydrogens is 208 g/mol. The summed E-state index contributed by atoms with van der Waals surface area (Å²) >= 11 is 0. The predicted octanol–water partition coefficient (Wildman–Crippen LogP) is 1.86. The van der Waals surface area contributed by atoms with Crippen LogP contribution < -0.4 is 0 Å². The van der Waals surface area contributed by atoms with Crippen LogP contribution in [0.1, 0.15) is 45.4 Å². The first-order valence-electron chi connectivity index (χ1n) is 6.01. The lowest BCUT2D eigenvalue weighted by Gasteiger charge is -2.21. The maximum atomic E-state index is 11.4. The van der Waals surface area contributed by atoms with E-state index in [2.05, 4.69) is 0 Å². The van der Waals surface area contributed by atoms with E-state index in [1.165, 1.54) is 6.42 Å². The van der Waals surface area contributed by atoms with Crippen LogP contribution in [0.2, 0.25) is 0 Å². The lowest BCUT2D eigenvalue weighted by atomic mass is 10.0. The van der Waals surface area contributed by atoms with Crippen LogP contribution in [0.4, 0.5) is 0 Å². The highest BCUT2D eigenvalue weighted by Crippen LogP contribution is 2.17. The molecule has 1 aliphatic rings. The van der Waals surface area contributed by atoms with Gasteiger partial charge in [0.15, 0.2) is 0 Å². The first-order chi connectivity index (χ1) is 7.72. The SMILES string of the molecule is CCOC(=O)CC(=O)CCC1CCCCO1. The first kappa shape index (κ1) is 13.2. The molecule has 0 saturated carbocycles. The van der Waals surface area contributed by atoms with E-state index in [1.54, 1.807) is 6.92 Å². The smallest absolute Gasteiger partial charge is 0.313 e. The number of carbonyl (C=O) groups is 2. The molecule has 0 aromatic carbocycles. The van der Waals surface area contributed by atoms with Crippen molar-refractivity contribution in [2.75, 3.05) is 13.2 Å². The molecule has 1 fully saturated rings. The van der Waals surface area contributed by atoms with Gasteiger partial charge in [0, 0.05) is 13.0 Å². The molecule has 1 atom stereocenters. The Balaban J connectivity index is 2.11. The zero-order chi connectivity index (χ0) is 11.8. The van der Waals surface area contributed by atoms with Gasteiger partial charge in [-0.2, -0.15) is 0 Å². The largest absolute Gasteiger partial charge is 0.466 e. The van der Waals surface area contributed by atoms with Gasteiger partial charge in [0.05, 0.1) is 12.7 Å². The third kappa shape index (κ3) is 5.26. The summed E-state index contributed by atoms with van der Waals surface area (Å²) in [4.78, 5) is 22.4. The van der Waals surface area contributed by atoms with Gasteiger partial charge in [0.25, 0.3) is 0 Å². The zero-order valence-corrected chi connectivity index (χ0v) is 9.87. The summed E-state index contributed by atoms with van der Waals surface area (Å²) in [5, 5.41) is 0. The number of carbonyl (C=O) groups excluding carboxylic acids is 2. The number of ether oxygens (including phenoxy) is 2. The second-order valence-electron chi connectivity index (χ2n) is 4.05. The van der Waals surface area contributed by atoms with Crippen LogP contribution in [-0.4, -0.2) is 31.1 Å². The molecule has 0 radical (unpaired) electrons. The summed E-state index contributed by atoms with van der Waals surface area (Å²) in [5.41, 5.74) is 0. The molecule has 0 bridgehead atoms. The van der Waals surface area contributed by atoms with Gasteiger partial charge in [0.2, 0.25) is 0 Å². The molecule has 1 aliphatic heterocycles. The number of Topliss-reactive ketones (excluding diaryl/α,β-unsaturated/α-hetero) is 1. The van der Waals surface area contributed by atoms with E-state index < -0.39 is 5.97 Å². The Labute approximate surface area is 96.3 Å². The van der Waals surface area contributed by atoms with E-state index in [-0.39, 0.29) is 18.3 Å². The van der Waals surface area contributed by atoms with Crippen molar-refractivity contribution in [3.05, 3.63) is 0 Å². The Hall–Kier alpha value is -0.900. The van der Waals surface area contributed by atoms with Gasteiger partial charge in [-0.3, -0.25) is 9.59 Å². The molecule has 0 amide bonds. The molecule has 4 heteroatoms. The van der Waals surface area contributed by atoms with Crippen LogP contribution in [0.25, 0.3) is 0 Å². The van der Waals surface area contributed by atoms with Crippen molar-refractivity contribution >= 4 is 11.8 Å². The van der Waals surface area contributed by atoms with Crippen molar-refractivity contribution in [2.24, 2.45) is 0 Å². The molecule has 0 aliphatic carbocycles. The topological polar surface area (TPSA) is 52.6 Å². The molecule has 92 valence electrons. The maximum Gasteiger partial charge on any atom is 0.313 e. The molecule has 0 spiro atoms. The van der Waals surface area contributed by atoms with Gasteiger partial charge in [-0.1, -0.05) is 0 Å². The lowest BCUT2D eigenvalue weighted by molar-refractivity contribution is -0.145. The Morgan fingerprint density at radius 1 is 1.38 bits per heavy atom. The number of rotatable bonds is 6. The van der Waals surface area contributed by atoms with Crippen LogP contribution >= 0.6 is 0 Å². The van der Waals surface area contributed by atoms with Crippen molar-refractivity contribution in [2.45, 2.75) is 51.6 Å². The minimum atomic E-state index is -0.419. The third-order valence-corrected chi connectivity index (χ3v) is 2.67. The van der Waals surface area contributed by atoms with Crippen molar-refractivity contribution in [3.8, 4) is 0 Å². The molecule has 1 heterocycles. The van der Waals surface area contributed by atoms with Crippen LogP contribution in [0.15, 0.2) is 0 Å². The second-order valence-corrected chi connectivity index (χ2v) is 4.05. The van der Waals surface area contributed by atoms with E-state index in [9.17, 15) is 9.59 Å². The van der Waals surface area contributed by atoms with Crippen LogP contribution in [0.5, 0.6) is 0 Å². The Morgan fingerprint density at radius 3 is 2.81 bits per heavy atom. The number of hydrogen-bond donors (Lipinski definition) is 0. The fourth-order valence-corrected chi connectivity index (χ4v) is 1.82. The van der Waals surface area contributed by atoms with E-state index in [1.807, 2.05) is 0 Å². The fourth-order valence-electron chi connectivity index (χ4n) is 1.82. The summed E-state index contributed by atoms with van der Waals surface area (Å²) in [6, 6.07) is 0. The van der Waals surface area contributed by atoms with Crippen LogP contribution in [0, 0.1) is 0 Å². The molecular formula is C12H20O4. The van der Waals surface area contributed by atoms with Gasteiger partial charge in [-0.25, -0.2) is 0 Å². The summed E-state index contributed by atoms with van der Waals surface area (Å²) in [5.74, 6) is -0.468. The van der Waals surface area contributed by atoms with Crippen LogP contribution in [-0.2, 0) is 19.1 Å². The van der Waals surface area contributed by atoms with Crippen molar-refractivity contribution < 1.29 is 19.1 Å². The fraction of sp³-hybridized carbons (Fsp3) is 0.833. The Bertz CT molecular complexity index is 231. The van der Waals surface area contributed by atoms with Crippen molar-refractivity contribution in [1.29, 1.82) is 0 Å². The Kier molecular flexibility index (Phi) is 6.08. The molecule has 4 nitrogen and oxygen atoms in total. The molecule has 0 N–H and O–H groups in total. The monoisotopic (exact) mass is 228 g/mol. The maximum absolute atomic E-state index is 11.4. The quantitative estimate of drug-likeness (QED) is 0.514. The molecule has 0 aromatic heterocycles. The molecule has 0 aromatic rings. The molecule has 1 saturated heterocycles. The number of hydrogen-bond acceptors (Lipinski definition) is 4. The minimum absolute atomic E-state index is 0.0485. The van der Waals surface area contributed by atoms with E-state index in [0.717, 1.165) is 25.9 Å². The normalized spacial score (nSPS) is 20.4. The average molecular weight is 228 g/mol. The summed E-state index contributed by atoms with van der Waals surface area (Å²) < 4.78 is 10.2. The number of esters is 1. The summed E-state index contributed by atoms with van der Waals surface area (Å²) in [6.45, 7) is 2.87. The highest BCUT2D eigenvalue weighted by Gasteiger charge is 2.16. The predicted molar refractivity (Wildman–Crippen MR) is 59.1 cm³/mol. The van der Waals surface area contributed by atoms with Gasteiger partial charge < -0.3 is 9.47 Å². The minimum Gasteiger partial charge on any atom is -0.466 e. The lowest BCUT2D eigenvalue weighted by Crippen LogP contribution is -2.20. The van der Waals surface area contributed by atoms with E-state index in [0.29, 0.717) is 13.0 Å². The third-order valence-electron chi connectivity index (χ3n) is 2.67. The zero-order valence-electron chi connectivity index (χ0n) is 9.87. The molecule has 1 unspecified atom stereocenters. The highest BCUT2D eigenvalue weighted by molar-refractivity contribution is 5.95. The second kappa shape index (κ2) is 7.39. The van der Waals surface area contributed by atoms with Gasteiger partial charge >= 0.3 is 5.97 Å². The van der Waals surface area contributed by atoms with E-state index >= 15 is 0 Å². The van der Waals surface area contributed by atoms with E-state index in [4.69, 9.17) is 9.47 Å². The van der Waals surface area contributed by atoms with Gasteiger partial charge in [0.1, 0.15) is 12.2 Å². The van der Waals surface area contributed by atoms with Crippen molar-refractivity contribution in [3.63, 3.8) is 0 Å². The Morgan fingerprint density at radius 2 is 2.19 bits per heavy atom.